The standard InChI is InChI=1S/C12H12BrClN2O/c13-9-4-5-10-8(12(9)14)7-15-16(10)11-3-1-2-6-17-11/h4-5,7,11H,1-3,6H2. The molecule has 90 valence electrons. The number of fused-ring (bicyclic) bond motifs is 1. The number of rotatable bonds is 1. The van der Waals surface area contributed by atoms with Crippen molar-refractivity contribution in [1.82, 2.24) is 9.78 Å². The predicted molar refractivity (Wildman–Crippen MR) is 71.3 cm³/mol. The number of nitrogens with zero attached hydrogens (tertiary/aromatic N) is 2. The van der Waals surface area contributed by atoms with E-state index in [2.05, 4.69) is 21.0 Å². The average molecular weight is 316 g/mol. The second kappa shape index (κ2) is 4.59. The van der Waals surface area contributed by atoms with Gasteiger partial charge in [-0.2, -0.15) is 5.10 Å². The Morgan fingerprint density at radius 2 is 2.29 bits per heavy atom. The van der Waals surface area contributed by atoms with E-state index in [0.717, 1.165) is 34.8 Å². The second-order valence-electron chi connectivity index (χ2n) is 4.20. The van der Waals surface area contributed by atoms with Crippen LogP contribution in [0.5, 0.6) is 0 Å². The van der Waals surface area contributed by atoms with Crippen LogP contribution in [0.1, 0.15) is 25.5 Å². The van der Waals surface area contributed by atoms with Gasteiger partial charge in [0.2, 0.25) is 0 Å². The Balaban J connectivity index is 2.08. The zero-order valence-electron chi connectivity index (χ0n) is 9.20. The summed E-state index contributed by atoms with van der Waals surface area (Å²) in [7, 11) is 0. The molecule has 3 nitrogen and oxygen atoms in total. The Bertz CT molecular complexity index is 549. The number of ether oxygens (including phenoxy) is 1. The van der Waals surface area contributed by atoms with Crippen molar-refractivity contribution in [2.75, 3.05) is 6.61 Å². The highest BCUT2D eigenvalue weighted by Crippen LogP contribution is 2.33. The Morgan fingerprint density at radius 1 is 1.41 bits per heavy atom. The lowest BCUT2D eigenvalue weighted by Gasteiger charge is -2.23. The van der Waals surface area contributed by atoms with E-state index in [9.17, 15) is 0 Å². The van der Waals surface area contributed by atoms with Crippen LogP contribution in [0.2, 0.25) is 5.02 Å². The third-order valence-corrected chi connectivity index (χ3v) is 4.39. The van der Waals surface area contributed by atoms with Crippen LogP contribution in [-0.4, -0.2) is 16.4 Å². The van der Waals surface area contributed by atoms with Crippen LogP contribution in [0.3, 0.4) is 0 Å². The summed E-state index contributed by atoms with van der Waals surface area (Å²) >= 11 is 9.66. The Morgan fingerprint density at radius 3 is 3.06 bits per heavy atom. The Hall–Kier alpha value is -0.580. The molecule has 1 unspecified atom stereocenters. The molecule has 0 saturated carbocycles. The fourth-order valence-corrected chi connectivity index (χ4v) is 2.76. The molecule has 1 fully saturated rings. The molecule has 2 aromatic rings. The van der Waals surface area contributed by atoms with Crippen molar-refractivity contribution in [1.29, 1.82) is 0 Å². The zero-order chi connectivity index (χ0) is 11.8. The molecule has 0 amide bonds. The summed E-state index contributed by atoms with van der Waals surface area (Å²) in [5.74, 6) is 0. The molecule has 1 aromatic heterocycles. The lowest BCUT2D eigenvalue weighted by atomic mass is 10.2. The Labute approximate surface area is 113 Å². The first-order chi connectivity index (χ1) is 8.27. The van der Waals surface area contributed by atoms with Gasteiger partial charge in [-0.1, -0.05) is 11.6 Å². The van der Waals surface area contributed by atoms with E-state index < -0.39 is 0 Å². The van der Waals surface area contributed by atoms with E-state index in [1.807, 2.05) is 16.8 Å². The van der Waals surface area contributed by atoms with Crippen molar-refractivity contribution in [3.63, 3.8) is 0 Å². The highest BCUT2D eigenvalue weighted by molar-refractivity contribution is 9.10. The van der Waals surface area contributed by atoms with Crippen LogP contribution < -0.4 is 0 Å². The second-order valence-corrected chi connectivity index (χ2v) is 5.44. The van der Waals surface area contributed by atoms with E-state index in [4.69, 9.17) is 16.3 Å². The van der Waals surface area contributed by atoms with Gasteiger partial charge in [0.1, 0.15) is 0 Å². The van der Waals surface area contributed by atoms with Gasteiger partial charge in [0.25, 0.3) is 0 Å². The SMILES string of the molecule is Clc1c(Br)ccc2c1cnn2C1CCCCO1. The molecule has 1 aromatic carbocycles. The van der Waals surface area contributed by atoms with E-state index in [1.54, 1.807) is 6.20 Å². The van der Waals surface area contributed by atoms with E-state index in [0.29, 0.717) is 5.02 Å². The summed E-state index contributed by atoms with van der Waals surface area (Å²) in [6, 6.07) is 3.97. The number of benzene rings is 1. The van der Waals surface area contributed by atoms with Gasteiger partial charge in [0, 0.05) is 16.5 Å². The number of hydrogen-bond donors (Lipinski definition) is 0. The summed E-state index contributed by atoms with van der Waals surface area (Å²) in [5, 5.41) is 6.09. The van der Waals surface area contributed by atoms with Crippen LogP contribution in [-0.2, 0) is 4.74 Å². The van der Waals surface area contributed by atoms with Gasteiger partial charge in [-0.05, 0) is 47.3 Å². The van der Waals surface area contributed by atoms with Crippen molar-refractivity contribution in [3.8, 4) is 0 Å². The molecular weight excluding hydrogens is 304 g/mol. The molecule has 1 aliphatic rings. The van der Waals surface area contributed by atoms with E-state index >= 15 is 0 Å². The quantitative estimate of drug-likeness (QED) is 0.790. The van der Waals surface area contributed by atoms with Crippen molar-refractivity contribution >= 4 is 38.4 Å². The number of halogens is 2. The smallest absolute Gasteiger partial charge is 0.150 e. The molecule has 0 bridgehead atoms. The van der Waals surface area contributed by atoms with Crippen LogP contribution in [0.25, 0.3) is 10.9 Å². The summed E-state index contributed by atoms with van der Waals surface area (Å²) in [6.45, 7) is 0.816. The largest absolute Gasteiger partial charge is 0.356 e. The van der Waals surface area contributed by atoms with Crippen LogP contribution >= 0.6 is 27.5 Å². The fourth-order valence-electron chi connectivity index (χ4n) is 2.21. The maximum Gasteiger partial charge on any atom is 0.150 e. The van der Waals surface area contributed by atoms with E-state index in [-0.39, 0.29) is 6.23 Å². The lowest BCUT2D eigenvalue weighted by molar-refractivity contribution is -0.0366. The maximum atomic E-state index is 6.24. The molecule has 1 aliphatic heterocycles. The van der Waals surface area contributed by atoms with Gasteiger partial charge in [0.15, 0.2) is 6.23 Å². The molecule has 1 atom stereocenters. The average Bonchev–Trinajstić information content (AvgIpc) is 2.79. The third kappa shape index (κ3) is 1.98. The number of hydrogen-bond acceptors (Lipinski definition) is 2. The molecule has 0 aliphatic carbocycles. The van der Waals surface area contributed by atoms with Gasteiger partial charge in [-0.25, -0.2) is 4.68 Å². The monoisotopic (exact) mass is 314 g/mol. The topological polar surface area (TPSA) is 27.1 Å². The first-order valence-electron chi connectivity index (χ1n) is 5.70. The van der Waals surface area contributed by atoms with Gasteiger partial charge < -0.3 is 4.74 Å². The van der Waals surface area contributed by atoms with Crippen LogP contribution in [0.15, 0.2) is 22.8 Å². The highest BCUT2D eigenvalue weighted by atomic mass is 79.9. The molecule has 17 heavy (non-hydrogen) atoms. The third-order valence-electron chi connectivity index (χ3n) is 3.10. The molecule has 2 heterocycles. The van der Waals surface area contributed by atoms with Crippen molar-refractivity contribution in [2.45, 2.75) is 25.5 Å². The van der Waals surface area contributed by atoms with Gasteiger partial charge >= 0.3 is 0 Å². The molecule has 3 rings (SSSR count). The molecule has 0 spiro atoms. The van der Waals surface area contributed by atoms with Crippen molar-refractivity contribution in [3.05, 3.63) is 27.8 Å². The summed E-state index contributed by atoms with van der Waals surface area (Å²) in [5.41, 5.74) is 1.03. The van der Waals surface area contributed by atoms with Gasteiger partial charge in [0.05, 0.1) is 16.7 Å². The lowest BCUT2D eigenvalue weighted by Crippen LogP contribution is -2.18. The zero-order valence-corrected chi connectivity index (χ0v) is 11.5. The molecule has 5 heteroatoms. The minimum atomic E-state index is 0.0542. The summed E-state index contributed by atoms with van der Waals surface area (Å²) in [6.07, 6.45) is 5.21. The minimum Gasteiger partial charge on any atom is -0.356 e. The molecule has 0 N–H and O–H groups in total. The Kier molecular flexibility index (Phi) is 3.11. The van der Waals surface area contributed by atoms with Gasteiger partial charge in [-0.3, -0.25) is 0 Å². The fraction of sp³-hybridized carbons (Fsp3) is 0.417. The first kappa shape index (κ1) is 11.5. The van der Waals surface area contributed by atoms with Crippen LogP contribution in [0, 0.1) is 0 Å². The first-order valence-corrected chi connectivity index (χ1v) is 6.87. The van der Waals surface area contributed by atoms with Crippen LogP contribution in [0.4, 0.5) is 0 Å². The minimum absolute atomic E-state index is 0.0542. The maximum absolute atomic E-state index is 6.24. The predicted octanol–water partition coefficient (Wildman–Crippen LogP) is 4.15. The van der Waals surface area contributed by atoms with E-state index in [1.165, 1.54) is 6.42 Å². The molecule has 0 radical (unpaired) electrons. The van der Waals surface area contributed by atoms with Crippen molar-refractivity contribution < 1.29 is 4.74 Å². The summed E-state index contributed by atoms with van der Waals surface area (Å²) in [4.78, 5) is 0. The normalized spacial score (nSPS) is 20.9. The van der Waals surface area contributed by atoms with Gasteiger partial charge in [-0.15, -0.1) is 0 Å². The highest BCUT2D eigenvalue weighted by Gasteiger charge is 2.19. The number of aromatic nitrogens is 2. The molecule has 1 saturated heterocycles. The van der Waals surface area contributed by atoms with Crippen molar-refractivity contribution in [2.24, 2.45) is 0 Å². The molecular formula is C12H12BrClN2O. The summed E-state index contributed by atoms with van der Waals surface area (Å²) < 4.78 is 8.58.